The average molecular weight is 447 g/mol. The number of furan rings is 1. The Bertz CT molecular complexity index is 1090. The zero-order valence-corrected chi connectivity index (χ0v) is 18.1. The highest BCUT2D eigenvalue weighted by atomic mass is 35.5. The Labute approximate surface area is 182 Å². The molecule has 2 aromatic heterocycles. The van der Waals surface area contributed by atoms with Gasteiger partial charge in [0.15, 0.2) is 0 Å². The van der Waals surface area contributed by atoms with Gasteiger partial charge in [0.2, 0.25) is 0 Å². The Morgan fingerprint density at radius 1 is 1.23 bits per heavy atom. The van der Waals surface area contributed by atoms with Gasteiger partial charge in [0.05, 0.1) is 29.2 Å². The number of halogens is 1. The predicted octanol–water partition coefficient (Wildman–Crippen LogP) is 4.61. The van der Waals surface area contributed by atoms with E-state index in [0.717, 1.165) is 0 Å². The fraction of sp³-hybridized carbons (Fsp3) is 0.190. The summed E-state index contributed by atoms with van der Waals surface area (Å²) in [5.74, 6) is -0.231. The molecule has 0 unspecified atom stereocenters. The fourth-order valence-corrected chi connectivity index (χ4v) is 3.59. The Morgan fingerprint density at radius 3 is 2.67 bits per heavy atom. The molecule has 0 radical (unpaired) electrons. The van der Waals surface area contributed by atoms with Gasteiger partial charge in [-0.2, -0.15) is 0 Å². The third-order valence-electron chi connectivity index (χ3n) is 4.32. The molecule has 0 aliphatic rings. The van der Waals surface area contributed by atoms with Crippen LogP contribution >= 0.6 is 22.9 Å². The molecule has 3 rings (SSSR count). The highest BCUT2D eigenvalue weighted by Gasteiger charge is 2.20. The summed E-state index contributed by atoms with van der Waals surface area (Å²) in [6.45, 7) is 1.80. The summed E-state index contributed by atoms with van der Waals surface area (Å²) in [6, 6.07) is 9.69. The first-order valence-corrected chi connectivity index (χ1v) is 10.1. The molecule has 30 heavy (non-hydrogen) atoms. The number of esters is 1. The number of nitrogens with zero attached hydrogens (tertiary/aromatic N) is 1. The number of amides is 2. The van der Waals surface area contributed by atoms with Gasteiger partial charge in [-0.15, -0.1) is 11.3 Å². The number of hydrogen-bond donors (Lipinski definition) is 1. The van der Waals surface area contributed by atoms with E-state index >= 15 is 0 Å². The number of thiophene rings is 1. The number of anilines is 1. The topological polar surface area (TPSA) is 88.9 Å². The minimum absolute atomic E-state index is 0.149. The van der Waals surface area contributed by atoms with Crippen LogP contribution in [-0.2, 0) is 11.3 Å². The largest absolute Gasteiger partial charge is 0.465 e. The molecule has 7 nitrogen and oxygen atoms in total. The molecule has 1 aromatic carbocycles. The van der Waals surface area contributed by atoms with Crippen molar-refractivity contribution in [3.8, 4) is 0 Å². The summed E-state index contributed by atoms with van der Waals surface area (Å²) in [6.07, 6.45) is 0. The van der Waals surface area contributed by atoms with Gasteiger partial charge in [-0.1, -0.05) is 17.7 Å². The molecule has 0 atom stereocenters. The van der Waals surface area contributed by atoms with Crippen molar-refractivity contribution < 1.29 is 23.5 Å². The molecule has 9 heteroatoms. The SMILES string of the molecule is COC(=O)c1cc(CN(C)C(=O)c2ccc(Cl)c(NC(=O)c3cccs3)c2)oc1C. The van der Waals surface area contributed by atoms with Gasteiger partial charge in [-0.25, -0.2) is 4.79 Å². The number of carbonyl (C=O) groups is 3. The first-order valence-electron chi connectivity index (χ1n) is 8.87. The van der Waals surface area contributed by atoms with Gasteiger partial charge in [0, 0.05) is 12.6 Å². The lowest BCUT2D eigenvalue weighted by molar-refractivity contribution is 0.0598. The van der Waals surface area contributed by atoms with Crippen LogP contribution in [0.1, 0.15) is 41.9 Å². The zero-order chi connectivity index (χ0) is 21.8. The maximum Gasteiger partial charge on any atom is 0.341 e. The molecule has 0 fully saturated rings. The summed E-state index contributed by atoms with van der Waals surface area (Å²) in [7, 11) is 2.90. The molecule has 0 bridgehead atoms. The van der Waals surface area contributed by atoms with E-state index in [1.165, 1.54) is 29.4 Å². The van der Waals surface area contributed by atoms with Gasteiger partial charge >= 0.3 is 5.97 Å². The Balaban J connectivity index is 1.74. The molecule has 0 spiro atoms. The number of rotatable bonds is 6. The van der Waals surface area contributed by atoms with Crippen LogP contribution in [0.4, 0.5) is 5.69 Å². The van der Waals surface area contributed by atoms with Crippen LogP contribution in [0.15, 0.2) is 46.2 Å². The molecule has 0 saturated heterocycles. The second kappa shape index (κ2) is 9.15. The van der Waals surface area contributed by atoms with E-state index in [9.17, 15) is 14.4 Å². The van der Waals surface area contributed by atoms with Crippen LogP contribution in [0.3, 0.4) is 0 Å². The lowest BCUT2D eigenvalue weighted by atomic mass is 10.1. The van der Waals surface area contributed by atoms with Crippen molar-refractivity contribution in [2.75, 3.05) is 19.5 Å². The molecule has 0 saturated carbocycles. The first kappa shape index (κ1) is 21.6. The van der Waals surface area contributed by atoms with E-state index in [-0.39, 0.29) is 18.4 Å². The highest BCUT2D eigenvalue weighted by Crippen LogP contribution is 2.25. The minimum Gasteiger partial charge on any atom is -0.465 e. The van der Waals surface area contributed by atoms with Gasteiger partial charge in [0.25, 0.3) is 11.8 Å². The van der Waals surface area contributed by atoms with Crippen LogP contribution in [0, 0.1) is 6.92 Å². The first-order chi connectivity index (χ1) is 14.3. The Morgan fingerprint density at radius 2 is 2.00 bits per heavy atom. The van der Waals surface area contributed by atoms with Crippen LogP contribution in [-0.4, -0.2) is 36.8 Å². The number of nitrogens with one attached hydrogen (secondary N) is 1. The van der Waals surface area contributed by atoms with Crippen molar-refractivity contribution in [1.29, 1.82) is 0 Å². The maximum absolute atomic E-state index is 12.8. The number of carbonyl (C=O) groups excluding carboxylic acids is 3. The molecule has 156 valence electrons. The molecule has 3 aromatic rings. The number of benzene rings is 1. The van der Waals surface area contributed by atoms with Gasteiger partial charge < -0.3 is 19.4 Å². The van der Waals surface area contributed by atoms with E-state index in [1.54, 1.807) is 49.7 Å². The quantitative estimate of drug-likeness (QED) is 0.558. The van der Waals surface area contributed by atoms with Crippen molar-refractivity contribution >= 4 is 46.4 Å². The Kier molecular flexibility index (Phi) is 6.59. The van der Waals surface area contributed by atoms with Gasteiger partial charge in [0.1, 0.15) is 17.1 Å². The van der Waals surface area contributed by atoms with Crippen LogP contribution in [0.2, 0.25) is 5.02 Å². The summed E-state index contributed by atoms with van der Waals surface area (Å²) in [5.41, 5.74) is 1.01. The van der Waals surface area contributed by atoms with E-state index in [2.05, 4.69) is 5.32 Å². The molecular weight excluding hydrogens is 428 g/mol. The van der Waals surface area contributed by atoms with Crippen LogP contribution in [0.25, 0.3) is 0 Å². The van der Waals surface area contributed by atoms with E-state index in [0.29, 0.717) is 38.2 Å². The third kappa shape index (κ3) is 4.72. The number of ether oxygens (including phenoxy) is 1. The van der Waals surface area contributed by atoms with Crippen LogP contribution in [0.5, 0.6) is 0 Å². The standard InChI is InChI=1S/C21H19ClN2O5S/c1-12-15(21(27)28-3)10-14(29-12)11-24(2)20(26)13-6-7-16(22)17(9-13)23-19(25)18-5-4-8-30-18/h4-10H,11H2,1-3H3,(H,23,25). The molecule has 0 aliphatic carbocycles. The van der Waals surface area contributed by atoms with Gasteiger partial charge in [-0.3, -0.25) is 9.59 Å². The summed E-state index contributed by atoms with van der Waals surface area (Å²) < 4.78 is 10.3. The average Bonchev–Trinajstić information content (AvgIpc) is 3.38. The lowest BCUT2D eigenvalue weighted by Crippen LogP contribution is -2.26. The van der Waals surface area contributed by atoms with E-state index in [4.69, 9.17) is 20.8 Å². The lowest BCUT2D eigenvalue weighted by Gasteiger charge is -2.17. The smallest absolute Gasteiger partial charge is 0.341 e. The summed E-state index contributed by atoms with van der Waals surface area (Å²) in [5, 5.41) is 4.85. The van der Waals surface area contributed by atoms with Crippen molar-refractivity contribution in [2.45, 2.75) is 13.5 Å². The predicted molar refractivity (Wildman–Crippen MR) is 114 cm³/mol. The summed E-state index contributed by atoms with van der Waals surface area (Å²) >= 11 is 7.49. The van der Waals surface area contributed by atoms with E-state index in [1.807, 2.05) is 0 Å². The molecule has 2 heterocycles. The van der Waals surface area contributed by atoms with Crippen molar-refractivity contribution in [3.63, 3.8) is 0 Å². The number of methoxy groups -OCH3 is 1. The van der Waals surface area contributed by atoms with Crippen molar-refractivity contribution in [1.82, 2.24) is 4.90 Å². The van der Waals surface area contributed by atoms with E-state index < -0.39 is 5.97 Å². The molecule has 2 amide bonds. The monoisotopic (exact) mass is 446 g/mol. The van der Waals surface area contributed by atoms with Gasteiger partial charge in [-0.05, 0) is 42.6 Å². The Hall–Kier alpha value is -3.10. The molecule has 0 aliphatic heterocycles. The molecular formula is C21H19ClN2O5S. The normalized spacial score (nSPS) is 10.5. The number of aryl methyl sites for hydroxylation is 1. The second-order valence-corrected chi connectivity index (χ2v) is 7.82. The fourth-order valence-electron chi connectivity index (χ4n) is 2.81. The summed E-state index contributed by atoms with van der Waals surface area (Å²) in [4.78, 5) is 38.8. The number of hydrogen-bond acceptors (Lipinski definition) is 6. The zero-order valence-electron chi connectivity index (χ0n) is 16.5. The van der Waals surface area contributed by atoms with Crippen molar-refractivity contribution in [3.05, 3.63) is 74.3 Å². The second-order valence-electron chi connectivity index (χ2n) is 6.46. The maximum atomic E-state index is 12.8. The highest BCUT2D eigenvalue weighted by molar-refractivity contribution is 7.12. The minimum atomic E-state index is -0.500. The molecule has 1 N–H and O–H groups in total. The van der Waals surface area contributed by atoms with Crippen LogP contribution < -0.4 is 5.32 Å². The third-order valence-corrected chi connectivity index (χ3v) is 5.52. The van der Waals surface area contributed by atoms with Crippen molar-refractivity contribution in [2.24, 2.45) is 0 Å².